The van der Waals surface area contributed by atoms with Gasteiger partial charge in [0.25, 0.3) is 0 Å². The summed E-state index contributed by atoms with van der Waals surface area (Å²) in [6, 6.07) is 4.51. The zero-order valence-electron chi connectivity index (χ0n) is 12.9. The topological polar surface area (TPSA) is 38.8 Å². The highest BCUT2D eigenvalue weighted by Gasteiger charge is 2.29. The zero-order valence-corrected chi connectivity index (χ0v) is 12.9. The van der Waals surface area contributed by atoms with Gasteiger partial charge in [-0.05, 0) is 55.4 Å². The van der Waals surface area contributed by atoms with Crippen LogP contribution in [0, 0.1) is 0 Å². The summed E-state index contributed by atoms with van der Waals surface area (Å²) < 4.78 is 10.8. The molecule has 1 saturated heterocycles. The minimum atomic E-state index is 0.329. The van der Waals surface area contributed by atoms with Crippen LogP contribution in [-0.2, 0) is 17.6 Å². The monoisotopic (exact) mass is 289 g/mol. The summed E-state index contributed by atoms with van der Waals surface area (Å²) in [5.41, 5.74) is 2.62. The molecule has 1 aromatic rings. The number of hydrogen-bond acceptors (Lipinski definition) is 3. The number of fused-ring (bicyclic) bond motifs is 1. The second kappa shape index (κ2) is 5.96. The average molecular weight is 289 g/mol. The third kappa shape index (κ3) is 2.71. The molecular weight excluding hydrogens is 266 g/mol. The van der Waals surface area contributed by atoms with E-state index in [0.717, 1.165) is 56.6 Å². The van der Waals surface area contributed by atoms with Crippen LogP contribution in [0.1, 0.15) is 36.8 Å². The van der Waals surface area contributed by atoms with Gasteiger partial charge in [0.15, 0.2) is 11.5 Å². The molecular formula is C17H23NO3. The third-order valence-corrected chi connectivity index (χ3v) is 4.71. The number of benzene rings is 1. The smallest absolute Gasteiger partial charge is 0.222 e. The molecule has 1 heterocycles. The first-order valence-corrected chi connectivity index (χ1v) is 7.76. The molecule has 21 heavy (non-hydrogen) atoms. The van der Waals surface area contributed by atoms with Crippen molar-refractivity contribution in [3.8, 4) is 11.5 Å². The van der Waals surface area contributed by atoms with Crippen molar-refractivity contribution in [2.75, 3.05) is 20.8 Å². The van der Waals surface area contributed by atoms with E-state index in [0.29, 0.717) is 11.9 Å². The van der Waals surface area contributed by atoms with E-state index in [-0.39, 0.29) is 0 Å². The van der Waals surface area contributed by atoms with Crippen LogP contribution in [0.3, 0.4) is 0 Å². The molecule has 0 radical (unpaired) electrons. The fourth-order valence-corrected chi connectivity index (χ4v) is 3.54. The van der Waals surface area contributed by atoms with Gasteiger partial charge >= 0.3 is 0 Å². The number of ether oxygens (including phenoxy) is 2. The molecule has 4 heteroatoms. The fourth-order valence-electron chi connectivity index (χ4n) is 3.54. The van der Waals surface area contributed by atoms with Crippen LogP contribution in [0.5, 0.6) is 11.5 Å². The summed E-state index contributed by atoms with van der Waals surface area (Å²) in [5, 5.41) is 0. The standard InChI is InChI=1S/C17H23NO3/c1-20-15-10-12-6-7-14(9-13(12)11-16(15)21-2)18-8-4-3-5-17(18)19/h10-11,14H,3-9H2,1-2H3. The van der Waals surface area contributed by atoms with Gasteiger partial charge in [-0.15, -0.1) is 0 Å². The number of methoxy groups -OCH3 is 2. The molecule has 0 saturated carbocycles. The lowest BCUT2D eigenvalue weighted by Gasteiger charge is -2.37. The van der Waals surface area contributed by atoms with Crippen molar-refractivity contribution in [3.05, 3.63) is 23.3 Å². The van der Waals surface area contributed by atoms with Crippen molar-refractivity contribution in [2.24, 2.45) is 0 Å². The Balaban J connectivity index is 1.83. The lowest BCUT2D eigenvalue weighted by Crippen LogP contribution is -2.45. The van der Waals surface area contributed by atoms with E-state index in [1.807, 2.05) is 0 Å². The number of piperidine rings is 1. The van der Waals surface area contributed by atoms with E-state index in [1.165, 1.54) is 11.1 Å². The molecule has 0 aromatic heterocycles. The number of carbonyl (C=O) groups excluding carboxylic acids is 1. The van der Waals surface area contributed by atoms with Gasteiger partial charge in [0.1, 0.15) is 0 Å². The number of carbonyl (C=O) groups is 1. The highest BCUT2D eigenvalue weighted by Crippen LogP contribution is 2.35. The fraction of sp³-hybridized carbons (Fsp3) is 0.588. The molecule has 0 spiro atoms. The number of rotatable bonds is 3. The number of nitrogens with zero attached hydrogens (tertiary/aromatic N) is 1. The molecule has 1 amide bonds. The van der Waals surface area contributed by atoms with E-state index in [4.69, 9.17) is 9.47 Å². The molecule has 1 fully saturated rings. The molecule has 0 N–H and O–H groups in total. The van der Waals surface area contributed by atoms with Gasteiger partial charge in [0.05, 0.1) is 14.2 Å². The van der Waals surface area contributed by atoms with Gasteiger partial charge in [-0.3, -0.25) is 4.79 Å². The van der Waals surface area contributed by atoms with Crippen molar-refractivity contribution in [1.29, 1.82) is 0 Å². The zero-order chi connectivity index (χ0) is 14.8. The number of amides is 1. The molecule has 1 aliphatic heterocycles. The Kier molecular flexibility index (Phi) is 4.04. The van der Waals surface area contributed by atoms with Crippen molar-refractivity contribution in [2.45, 2.75) is 44.6 Å². The van der Waals surface area contributed by atoms with Crippen LogP contribution in [-0.4, -0.2) is 37.6 Å². The summed E-state index contributed by atoms with van der Waals surface area (Å²) >= 11 is 0. The molecule has 1 aromatic carbocycles. The summed E-state index contributed by atoms with van der Waals surface area (Å²) in [6.07, 6.45) is 5.89. The van der Waals surface area contributed by atoms with E-state index in [9.17, 15) is 4.79 Å². The molecule has 114 valence electrons. The summed E-state index contributed by atoms with van der Waals surface area (Å²) in [5.74, 6) is 1.90. The molecule has 1 atom stereocenters. The van der Waals surface area contributed by atoms with Crippen LogP contribution >= 0.6 is 0 Å². The largest absolute Gasteiger partial charge is 0.493 e. The quantitative estimate of drug-likeness (QED) is 0.858. The number of likely N-dealkylation sites (tertiary alicyclic amines) is 1. The van der Waals surface area contributed by atoms with Gasteiger partial charge < -0.3 is 14.4 Å². The van der Waals surface area contributed by atoms with E-state index in [1.54, 1.807) is 14.2 Å². The first kappa shape index (κ1) is 14.2. The molecule has 2 aliphatic rings. The molecule has 3 rings (SSSR count). The Bertz CT molecular complexity index is 541. The molecule has 0 bridgehead atoms. The Morgan fingerprint density at radius 1 is 1.05 bits per heavy atom. The number of aryl methyl sites for hydroxylation is 1. The molecule has 1 aliphatic carbocycles. The predicted octanol–water partition coefficient (Wildman–Crippen LogP) is 2.57. The molecule has 4 nitrogen and oxygen atoms in total. The average Bonchev–Trinajstić information content (AvgIpc) is 2.53. The first-order valence-electron chi connectivity index (χ1n) is 7.76. The lowest BCUT2D eigenvalue weighted by atomic mass is 9.86. The van der Waals surface area contributed by atoms with Gasteiger partial charge in [0, 0.05) is 19.0 Å². The van der Waals surface area contributed by atoms with Gasteiger partial charge in [-0.2, -0.15) is 0 Å². The Labute approximate surface area is 126 Å². The maximum absolute atomic E-state index is 12.1. The first-order chi connectivity index (χ1) is 10.2. The summed E-state index contributed by atoms with van der Waals surface area (Å²) in [6.45, 7) is 0.923. The van der Waals surface area contributed by atoms with Crippen molar-refractivity contribution >= 4 is 5.91 Å². The maximum atomic E-state index is 12.1. The van der Waals surface area contributed by atoms with Crippen LogP contribution in [0.25, 0.3) is 0 Å². The second-order valence-corrected chi connectivity index (χ2v) is 5.92. The minimum absolute atomic E-state index is 0.329. The summed E-state index contributed by atoms with van der Waals surface area (Å²) in [7, 11) is 3.33. The van der Waals surface area contributed by atoms with Crippen LogP contribution in [0.2, 0.25) is 0 Å². The van der Waals surface area contributed by atoms with Crippen molar-refractivity contribution in [3.63, 3.8) is 0 Å². The Morgan fingerprint density at radius 2 is 1.76 bits per heavy atom. The van der Waals surface area contributed by atoms with E-state index >= 15 is 0 Å². The SMILES string of the molecule is COc1cc2c(cc1OC)CC(N1CCCCC1=O)CC2. The van der Waals surface area contributed by atoms with E-state index < -0.39 is 0 Å². The highest BCUT2D eigenvalue weighted by atomic mass is 16.5. The van der Waals surface area contributed by atoms with Gasteiger partial charge in [-0.25, -0.2) is 0 Å². The van der Waals surface area contributed by atoms with Crippen LogP contribution < -0.4 is 9.47 Å². The van der Waals surface area contributed by atoms with Crippen LogP contribution in [0.15, 0.2) is 12.1 Å². The lowest BCUT2D eigenvalue weighted by molar-refractivity contribution is -0.136. The van der Waals surface area contributed by atoms with Crippen LogP contribution in [0.4, 0.5) is 0 Å². The van der Waals surface area contributed by atoms with E-state index in [2.05, 4.69) is 17.0 Å². The normalized spacial score (nSPS) is 21.9. The van der Waals surface area contributed by atoms with Gasteiger partial charge in [-0.1, -0.05) is 0 Å². The van der Waals surface area contributed by atoms with Crippen molar-refractivity contribution < 1.29 is 14.3 Å². The van der Waals surface area contributed by atoms with Gasteiger partial charge in [0.2, 0.25) is 5.91 Å². The number of hydrogen-bond donors (Lipinski definition) is 0. The maximum Gasteiger partial charge on any atom is 0.222 e. The minimum Gasteiger partial charge on any atom is -0.493 e. The predicted molar refractivity (Wildman–Crippen MR) is 80.9 cm³/mol. The highest BCUT2D eigenvalue weighted by molar-refractivity contribution is 5.77. The second-order valence-electron chi connectivity index (χ2n) is 5.92. The summed E-state index contributed by atoms with van der Waals surface area (Å²) in [4.78, 5) is 14.2. The Morgan fingerprint density at radius 3 is 2.43 bits per heavy atom. The van der Waals surface area contributed by atoms with Crippen molar-refractivity contribution in [1.82, 2.24) is 4.90 Å². The Hall–Kier alpha value is -1.71. The third-order valence-electron chi connectivity index (χ3n) is 4.71. The molecule has 1 unspecified atom stereocenters.